The van der Waals surface area contributed by atoms with E-state index >= 15 is 0 Å². The number of imidazole rings is 2. The first-order valence-corrected chi connectivity index (χ1v) is 9.04. The summed E-state index contributed by atoms with van der Waals surface area (Å²) in [6, 6.07) is 8.22. The second-order valence-corrected chi connectivity index (χ2v) is 6.86. The number of nitrogens with zero attached hydrogens (tertiary/aromatic N) is 5. The Morgan fingerprint density at radius 1 is 1.27 bits per heavy atom. The molecule has 1 aromatic carbocycles. The first-order chi connectivity index (χ1) is 12.7. The summed E-state index contributed by atoms with van der Waals surface area (Å²) in [7, 11) is 0. The van der Waals surface area contributed by atoms with Crippen molar-refractivity contribution in [3.8, 4) is 0 Å². The molecule has 0 unspecified atom stereocenters. The van der Waals surface area contributed by atoms with Crippen molar-refractivity contribution in [2.45, 2.75) is 32.4 Å². The molecule has 0 saturated carbocycles. The zero-order chi connectivity index (χ0) is 17.9. The van der Waals surface area contributed by atoms with E-state index < -0.39 is 0 Å². The van der Waals surface area contributed by atoms with Crippen LogP contribution in [0.5, 0.6) is 0 Å². The third-order valence-electron chi connectivity index (χ3n) is 5.04. The van der Waals surface area contributed by atoms with Gasteiger partial charge >= 0.3 is 0 Å². The number of hydrogen-bond donors (Lipinski definition) is 0. The van der Waals surface area contributed by atoms with Gasteiger partial charge in [-0.1, -0.05) is 12.1 Å². The zero-order valence-corrected chi connectivity index (χ0v) is 15.0. The van der Waals surface area contributed by atoms with Gasteiger partial charge in [-0.2, -0.15) is 0 Å². The molecule has 0 bridgehead atoms. The predicted octanol–water partition coefficient (Wildman–Crippen LogP) is 2.91. The minimum absolute atomic E-state index is 0.111. The maximum atomic E-state index is 13.0. The Morgan fingerprint density at radius 3 is 2.96 bits per heavy atom. The average molecular weight is 349 g/mol. The van der Waals surface area contributed by atoms with E-state index in [0.717, 1.165) is 49.4 Å². The topological polar surface area (TPSA) is 56.0 Å². The molecule has 0 aliphatic carbocycles. The number of amides is 1. The van der Waals surface area contributed by atoms with Crippen molar-refractivity contribution >= 4 is 5.91 Å². The normalized spacial score (nSPS) is 17.4. The van der Waals surface area contributed by atoms with Crippen molar-refractivity contribution in [2.75, 3.05) is 13.1 Å². The molecule has 0 radical (unpaired) electrons. The smallest absolute Gasteiger partial charge is 0.253 e. The largest absolute Gasteiger partial charge is 0.337 e. The second-order valence-electron chi connectivity index (χ2n) is 6.86. The molecule has 4 rings (SSSR count). The number of carbonyl (C=O) groups excluding carboxylic acids is 1. The van der Waals surface area contributed by atoms with Gasteiger partial charge in [-0.3, -0.25) is 4.79 Å². The second kappa shape index (κ2) is 7.15. The zero-order valence-electron chi connectivity index (χ0n) is 15.0. The van der Waals surface area contributed by atoms with Crippen LogP contribution in [0.4, 0.5) is 0 Å². The molecule has 3 aromatic rings. The Kier molecular flexibility index (Phi) is 4.56. The predicted molar refractivity (Wildman–Crippen MR) is 98.9 cm³/mol. The number of carbonyl (C=O) groups is 1. The van der Waals surface area contributed by atoms with Gasteiger partial charge < -0.3 is 14.0 Å². The minimum Gasteiger partial charge on any atom is -0.337 e. The van der Waals surface area contributed by atoms with Crippen LogP contribution in [-0.4, -0.2) is 43.0 Å². The van der Waals surface area contributed by atoms with E-state index in [2.05, 4.69) is 14.5 Å². The molecule has 6 nitrogen and oxygen atoms in total. The highest BCUT2D eigenvalue weighted by Crippen LogP contribution is 2.24. The number of piperidine rings is 1. The maximum Gasteiger partial charge on any atom is 0.253 e. The lowest BCUT2D eigenvalue weighted by Gasteiger charge is -2.34. The average Bonchev–Trinajstić information content (AvgIpc) is 3.33. The Bertz CT molecular complexity index is 883. The summed E-state index contributed by atoms with van der Waals surface area (Å²) in [6.07, 6.45) is 11.4. The third-order valence-corrected chi connectivity index (χ3v) is 5.04. The first kappa shape index (κ1) is 16.6. The number of aryl methyl sites for hydroxylation is 1. The highest BCUT2D eigenvalue weighted by atomic mass is 16.2. The Morgan fingerprint density at radius 2 is 2.19 bits per heavy atom. The van der Waals surface area contributed by atoms with E-state index in [4.69, 9.17) is 0 Å². The van der Waals surface area contributed by atoms with Crippen molar-refractivity contribution in [1.82, 2.24) is 24.0 Å². The van der Waals surface area contributed by atoms with Gasteiger partial charge in [0.2, 0.25) is 0 Å². The molecular formula is C20H23N5O. The summed E-state index contributed by atoms with van der Waals surface area (Å²) in [4.78, 5) is 23.4. The van der Waals surface area contributed by atoms with Gasteiger partial charge in [-0.15, -0.1) is 0 Å². The number of likely N-dealkylation sites (tertiary alicyclic amines) is 1. The fourth-order valence-electron chi connectivity index (χ4n) is 3.72. The number of hydrogen-bond acceptors (Lipinski definition) is 3. The molecule has 0 spiro atoms. The van der Waals surface area contributed by atoms with Crippen molar-refractivity contribution in [1.29, 1.82) is 0 Å². The molecule has 3 heterocycles. The standard InChI is InChI=1S/C20H23N5O/c1-16-22-8-11-25(16)19-6-3-9-24(14-19)20(26)18-5-2-4-17(12-18)13-23-10-7-21-15-23/h2,4-5,7-8,10-12,15,19H,3,6,9,13-14H2,1H3/t19-/m0/s1. The molecule has 1 aliphatic rings. The van der Waals surface area contributed by atoms with Crippen molar-refractivity contribution in [3.63, 3.8) is 0 Å². The van der Waals surface area contributed by atoms with Crippen LogP contribution in [0.1, 0.15) is 40.6 Å². The van der Waals surface area contributed by atoms with E-state index in [1.165, 1.54) is 0 Å². The summed E-state index contributed by atoms with van der Waals surface area (Å²) < 4.78 is 4.19. The van der Waals surface area contributed by atoms with Crippen LogP contribution in [0.15, 0.2) is 55.4 Å². The van der Waals surface area contributed by atoms with Gasteiger partial charge in [-0.25, -0.2) is 9.97 Å². The van der Waals surface area contributed by atoms with Gasteiger partial charge in [0.15, 0.2) is 0 Å². The lowest BCUT2D eigenvalue weighted by Crippen LogP contribution is -2.40. The maximum absolute atomic E-state index is 13.0. The molecule has 2 aromatic heterocycles. The number of aromatic nitrogens is 4. The summed E-state index contributed by atoms with van der Waals surface area (Å²) in [5.74, 6) is 1.12. The summed E-state index contributed by atoms with van der Waals surface area (Å²) in [6.45, 7) is 4.29. The van der Waals surface area contributed by atoms with Crippen LogP contribution in [0.3, 0.4) is 0 Å². The van der Waals surface area contributed by atoms with E-state index in [1.54, 1.807) is 12.5 Å². The molecule has 0 N–H and O–H groups in total. The van der Waals surface area contributed by atoms with Crippen LogP contribution in [0, 0.1) is 6.92 Å². The van der Waals surface area contributed by atoms with Gasteiger partial charge in [0.1, 0.15) is 5.82 Å². The highest BCUT2D eigenvalue weighted by molar-refractivity contribution is 5.94. The molecule has 1 amide bonds. The van der Waals surface area contributed by atoms with E-state index in [9.17, 15) is 4.79 Å². The van der Waals surface area contributed by atoms with Gasteiger partial charge in [0.25, 0.3) is 5.91 Å². The monoisotopic (exact) mass is 349 g/mol. The summed E-state index contributed by atoms with van der Waals surface area (Å²) in [5.41, 5.74) is 1.86. The third kappa shape index (κ3) is 3.40. The molecule has 1 fully saturated rings. The van der Waals surface area contributed by atoms with Crippen molar-refractivity contribution in [3.05, 3.63) is 72.3 Å². The van der Waals surface area contributed by atoms with Crippen molar-refractivity contribution < 1.29 is 4.79 Å². The molecule has 1 aliphatic heterocycles. The highest BCUT2D eigenvalue weighted by Gasteiger charge is 2.26. The number of rotatable bonds is 4. The van der Waals surface area contributed by atoms with E-state index in [-0.39, 0.29) is 5.91 Å². The van der Waals surface area contributed by atoms with Crippen LogP contribution >= 0.6 is 0 Å². The molecule has 6 heteroatoms. The molecule has 1 atom stereocenters. The first-order valence-electron chi connectivity index (χ1n) is 9.04. The lowest BCUT2D eigenvalue weighted by atomic mass is 10.0. The van der Waals surface area contributed by atoms with Crippen LogP contribution in [-0.2, 0) is 6.54 Å². The molecule has 134 valence electrons. The summed E-state index contributed by atoms with van der Waals surface area (Å²) >= 11 is 0. The van der Waals surface area contributed by atoms with Crippen LogP contribution in [0.2, 0.25) is 0 Å². The fraction of sp³-hybridized carbons (Fsp3) is 0.350. The Balaban J connectivity index is 1.49. The molecule has 1 saturated heterocycles. The molecule has 26 heavy (non-hydrogen) atoms. The minimum atomic E-state index is 0.111. The number of benzene rings is 1. The Labute approximate surface area is 153 Å². The van der Waals surface area contributed by atoms with Gasteiger partial charge in [0, 0.05) is 50.0 Å². The van der Waals surface area contributed by atoms with Crippen LogP contribution in [0.25, 0.3) is 0 Å². The SMILES string of the molecule is Cc1nccn1[C@H]1CCCN(C(=O)c2cccc(Cn3ccnc3)c2)C1. The van der Waals surface area contributed by atoms with E-state index in [1.807, 2.05) is 59.2 Å². The van der Waals surface area contributed by atoms with E-state index in [0.29, 0.717) is 6.04 Å². The molecular weight excluding hydrogens is 326 g/mol. The van der Waals surface area contributed by atoms with Crippen LogP contribution < -0.4 is 0 Å². The van der Waals surface area contributed by atoms with Gasteiger partial charge in [0.05, 0.1) is 12.4 Å². The van der Waals surface area contributed by atoms with Crippen molar-refractivity contribution in [2.24, 2.45) is 0 Å². The quantitative estimate of drug-likeness (QED) is 0.728. The Hall–Kier alpha value is -2.89. The summed E-state index contributed by atoms with van der Waals surface area (Å²) in [5, 5.41) is 0. The van der Waals surface area contributed by atoms with Gasteiger partial charge in [-0.05, 0) is 37.5 Å². The lowest BCUT2D eigenvalue weighted by molar-refractivity contribution is 0.0678. The fourth-order valence-corrected chi connectivity index (χ4v) is 3.72.